The zero-order valence-electron chi connectivity index (χ0n) is 11.2. The summed E-state index contributed by atoms with van der Waals surface area (Å²) in [6.45, 7) is 1.52. The fourth-order valence-corrected chi connectivity index (χ4v) is 3.04. The van der Waals surface area contributed by atoms with E-state index in [1.165, 1.54) is 19.3 Å². The average molecular weight is 254 g/mol. The number of carbonyl (C=O) groups excluding carboxylic acids is 1. The summed E-state index contributed by atoms with van der Waals surface area (Å²) >= 11 is 0. The number of rotatable bonds is 5. The molecule has 0 aromatic heterocycles. The lowest BCUT2D eigenvalue weighted by Gasteiger charge is -2.24. The molecule has 0 aromatic carbocycles. The summed E-state index contributed by atoms with van der Waals surface area (Å²) in [6, 6.07) is 0.513. The van der Waals surface area contributed by atoms with Gasteiger partial charge in [-0.2, -0.15) is 0 Å². The molecule has 1 atom stereocenters. The molecule has 18 heavy (non-hydrogen) atoms. The van der Waals surface area contributed by atoms with Crippen molar-refractivity contribution in [3.05, 3.63) is 0 Å². The number of amides is 1. The van der Waals surface area contributed by atoms with Crippen LogP contribution >= 0.6 is 0 Å². The number of hydrogen-bond acceptors (Lipinski definition) is 3. The standard InChI is InChI=1S/C14H26N2O2/c17-13(7-6-12-5-1-4-10-15-12)16-11-14(18)8-2-3-9-14/h12,15,18H,1-11H2,(H,16,17). The van der Waals surface area contributed by atoms with Gasteiger partial charge in [0.05, 0.1) is 5.60 Å². The molecule has 4 heteroatoms. The molecule has 2 aliphatic rings. The van der Waals surface area contributed by atoms with Crippen LogP contribution in [0.15, 0.2) is 0 Å². The third kappa shape index (κ3) is 4.25. The van der Waals surface area contributed by atoms with Crippen LogP contribution in [0.2, 0.25) is 0 Å². The van der Waals surface area contributed by atoms with Crippen molar-refractivity contribution >= 4 is 5.91 Å². The predicted molar refractivity (Wildman–Crippen MR) is 71.3 cm³/mol. The van der Waals surface area contributed by atoms with Crippen LogP contribution in [0.5, 0.6) is 0 Å². The number of piperidine rings is 1. The number of aliphatic hydroxyl groups is 1. The van der Waals surface area contributed by atoms with Crippen LogP contribution in [0.1, 0.15) is 57.8 Å². The Hall–Kier alpha value is -0.610. The van der Waals surface area contributed by atoms with E-state index in [0.717, 1.165) is 38.6 Å². The fraction of sp³-hybridized carbons (Fsp3) is 0.929. The van der Waals surface area contributed by atoms with Crippen molar-refractivity contribution in [3.8, 4) is 0 Å². The van der Waals surface area contributed by atoms with E-state index in [9.17, 15) is 9.90 Å². The molecule has 0 bridgehead atoms. The maximum atomic E-state index is 11.7. The van der Waals surface area contributed by atoms with Crippen LogP contribution in [0.3, 0.4) is 0 Å². The van der Waals surface area contributed by atoms with Gasteiger partial charge in [0.15, 0.2) is 0 Å². The Kier molecular flexibility index (Phi) is 5.01. The van der Waals surface area contributed by atoms with Crippen LogP contribution in [-0.4, -0.2) is 35.7 Å². The quantitative estimate of drug-likeness (QED) is 0.693. The minimum absolute atomic E-state index is 0.0858. The van der Waals surface area contributed by atoms with Crippen molar-refractivity contribution in [2.45, 2.75) is 69.4 Å². The van der Waals surface area contributed by atoms with Gasteiger partial charge in [-0.1, -0.05) is 19.3 Å². The van der Waals surface area contributed by atoms with Crippen LogP contribution in [0.4, 0.5) is 0 Å². The molecule has 2 fully saturated rings. The second-order valence-electron chi connectivity index (χ2n) is 5.89. The van der Waals surface area contributed by atoms with E-state index in [2.05, 4.69) is 10.6 Å². The molecule has 0 radical (unpaired) electrons. The van der Waals surface area contributed by atoms with Crippen LogP contribution in [-0.2, 0) is 4.79 Å². The minimum Gasteiger partial charge on any atom is -0.388 e. The van der Waals surface area contributed by atoms with Crippen LogP contribution < -0.4 is 10.6 Å². The third-order valence-corrected chi connectivity index (χ3v) is 4.28. The van der Waals surface area contributed by atoms with Gasteiger partial charge in [0, 0.05) is 19.0 Å². The molecule has 4 nitrogen and oxygen atoms in total. The van der Waals surface area contributed by atoms with Crippen molar-refractivity contribution in [3.63, 3.8) is 0 Å². The lowest BCUT2D eigenvalue weighted by atomic mass is 10.00. The molecule has 1 saturated carbocycles. The van der Waals surface area contributed by atoms with Crippen molar-refractivity contribution < 1.29 is 9.90 Å². The zero-order valence-corrected chi connectivity index (χ0v) is 11.2. The average Bonchev–Trinajstić information content (AvgIpc) is 2.83. The molecule has 0 aromatic rings. The van der Waals surface area contributed by atoms with Crippen molar-refractivity contribution in [2.75, 3.05) is 13.1 Å². The van der Waals surface area contributed by atoms with Crippen LogP contribution in [0.25, 0.3) is 0 Å². The second-order valence-corrected chi connectivity index (χ2v) is 5.89. The zero-order chi connectivity index (χ0) is 12.8. The van der Waals surface area contributed by atoms with Gasteiger partial charge in [0.1, 0.15) is 0 Å². The van der Waals surface area contributed by atoms with E-state index in [1.54, 1.807) is 0 Å². The maximum Gasteiger partial charge on any atom is 0.220 e. The SMILES string of the molecule is O=C(CCC1CCCCN1)NCC1(O)CCCC1. The number of nitrogens with one attached hydrogen (secondary N) is 2. The summed E-state index contributed by atoms with van der Waals surface area (Å²) in [5.41, 5.74) is -0.626. The molecule has 0 spiro atoms. The molecular weight excluding hydrogens is 228 g/mol. The van der Waals surface area contributed by atoms with Crippen molar-refractivity contribution in [2.24, 2.45) is 0 Å². The highest BCUT2D eigenvalue weighted by atomic mass is 16.3. The fourth-order valence-electron chi connectivity index (χ4n) is 3.04. The van der Waals surface area contributed by atoms with Gasteiger partial charge >= 0.3 is 0 Å². The highest BCUT2D eigenvalue weighted by molar-refractivity contribution is 5.75. The molecule has 2 rings (SSSR count). The Morgan fingerprint density at radius 1 is 1.28 bits per heavy atom. The Morgan fingerprint density at radius 2 is 2.06 bits per heavy atom. The first-order chi connectivity index (χ1) is 8.68. The molecule has 1 amide bonds. The lowest BCUT2D eigenvalue weighted by molar-refractivity contribution is -0.122. The number of carbonyl (C=O) groups is 1. The summed E-state index contributed by atoms with van der Waals surface area (Å²) in [7, 11) is 0. The first-order valence-electron chi connectivity index (χ1n) is 7.40. The van der Waals surface area contributed by atoms with Crippen molar-refractivity contribution in [1.29, 1.82) is 0 Å². The Morgan fingerprint density at radius 3 is 2.72 bits per heavy atom. The predicted octanol–water partition coefficient (Wildman–Crippen LogP) is 1.33. The van der Waals surface area contributed by atoms with Crippen molar-refractivity contribution in [1.82, 2.24) is 10.6 Å². The third-order valence-electron chi connectivity index (χ3n) is 4.28. The largest absolute Gasteiger partial charge is 0.388 e. The van der Waals surface area contributed by atoms with Gasteiger partial charge in [0.25, 0.3) is 0 Å². The normalized spacial score (nSPS) is 27.1. The van der Waals surface area contributed by atoms with Gasteiger partial charge in [0.2, 0.25) is 5.91 Å². The lowest BCUT2D eigenvalue weighted by Crippen LogP contribution is -2.41. The van der Waals surface area contributed by atoms with E-state index in [0.29, 0.717) is 19.0 Å². The molecule has 1 saturated heterocycles. The molecular formula is C14H26N2O2. The summed E-state index contributed by atoms with van der Waals surface area (Å²) in [4.78, 5) is 11.7. The molecule has 3 N–H and O–H groups in total. The van der Waals surface area contributed by atoms with Gasteiger partial charge in [-0.3, -0.25) is 4.79 Å². The van der Waals surface area contributed by atoms with Crippen LogP contribution in [0, 0.1) is 0 Å². The van der Waals surface area contributed by atoms with Gasteiger partial charge in [-0.05, 0) is 38.6 Å². The Labute approximate surface area is 110 Å². The number of hydrogen-bond donors (Lipinski definition) is 3. The first kappa shape index (κ1) is 13.8. The molecule has 1 aliphatic heterocycles. The summed E-state index contributed by atoms with van der Waals surface area (Å²) in [5.74, 6) is 0.0858. The first-order valence-corrected chi connectivity index (χ1v) is 7.40. The monoisotopic (exact) mass is 254 g/mol. The Balaban J connectivity index is 1.59. The Bertz CT molecular complexity index is 269. The molecule has 1 unspecified atom stereocenters. The smallest absolute Gasteiger partial charge is 0.220 e. The topological polar surface area (TPSA) is 61.4 Å². The van der Waals surface area contributed by atoms with E-state index < -0.39 is 5.60 Å². The second kappa shape index (κ2) is 6.53. The van der Waals surface area contributed by atoms with E-state index >= 15 is 0 Å². The maximum absolute atomic E-state index is 11.7. The van der Waals surface area contributed by atoms with Gasteiger partial charge < -0.3 is 15.7 Å². The van der Waals surface area contributed by atoms with E-state index in [1.807, 2.05) is 0 Å². The van der Waals surface area contributed by atoms with Gasteiger partial charge in [-0.15, -0.1) is 0 Å². The highest BCUT2D eigenvalue weighted by Gasteiger charge is 2.31. The molecule has 104 valence electrons. The minimum atomic E-state index is -0.626. The van der Waals surface area contributed by atoms with E-state index in [-0.39, 0.29) is 5.91 Å². The van der Waals surface area contributed by atoms with E-state index in [4.69, 9.17) is 0 Å². The summed E-state index contributed by atoms with van der Waals surface area (Å²) in [5, 5.41) is 16.5. The molecule has 1 aliphatic carbocycles. The highest BCUT2D eigenvalue weighted by Crippen LogP contribution is 2.28. The molecule has 1 heterocycles. The van der Waals surface area contributed by atoms with Gasteiger partial charge in [-0.25, -0.2) is 0 Å². The summed E-state index contributed by atoms with van der Waals surface area (Å²) in [6.07, 6.45) is 9.05. The summed E-state index contributed by atoms with van der Waals surface area (Å²) < 4.78 is 0.